The lowest BCUT2D eigenvalue weighted by Gasteiger charge is -2.29. The van der Waals surface area contributed by atoms with Gasteiger partial charge in [0, 0.05) is 12.0 Å². The van der Waals surface area contributed by atoms with Crippen LogP contribution in [0, 0.1) is 11.8 Å². The first-order valence-corrected chi connectivity index (χ1v) is 8.95. The summed E-state index contributed by atoms with van der Waals surface area (Å²) in [5.41, 5.74) is 2.69. The Hall–Kier alpha value is -1.77. The SMILES string of the molecule is C=C(C)C1CCC(C)=CC1CC(=O)C(=O)/C(=C\C=O)CCCCC. The smallest absolute Gasteiger partial charge is 0.224 e. The predicted octanol–water partition coefficient (Wildman–Crippen LogP) is 4.77. The van der Waals surface area contributed by atoms with Crippen molar-refractivity contribution in [2.45, 2.75) is 65.7 Å². The van der Waals surface area contributed by atoms with Gasteiger partial charge in [0.15, 0.2) is 0 Å². The number of ketones is 2. The van der Waals surface area contributed by atoms with Crippen LogP contribution in [0.25, 0.3) is 0 Å². The molecular weight excluding hydrogens is 300 g/mol. The van der Waals surface area contributed by atoms with E-state index >= 15 is 0 Å². The fourth-order valence-corrected chi connectivity index (χ4v) is 3.38. The van der Waals surface area contributed by atoms with E-state index in [1.54, 1.807) is 0 Å². The van der Waals surface area contributed by atoms with Crippen LogP contribution in [0.3, 0.4) is 0 Å². The first-order chi connectivity index (χ1) is 11.4. The zero-order chi connectivity index (χ0) is 18.1. The van der Waals surface area contributed by atoms with Crippen LogP contribution in [0.15, 0.2) is 35.5 Å². The van der Waals surface area contributed by atoms with E-state index in [1.807, 2.05) is 6.92 Å². The minimum absolute atomic E-state index is 0.0424. The van der Waals surface area contributed by atoms with Gasteiger partial charge in [-0.3, -0.25) is 14.4 Å². The zero-order valence-corrected chi connectivity index (χ0v) is 15.3. The maximum Gasteiger partial charge on any atom is 0.224 e. The molecule has 0 spiro atoms. The molecule has 132 valence electrons. The second-order valence-corrected chi connectivity index (χ2v) is 6.91. The van der Waals surface area contributed by atoms with E-state index in [2.05, 4.69) is 26.5 Å². The molecule has 2 atom stereocenters. The summed E-state index contributed by atoms with van der Waals surface area (Å²) < 4.78 is 0. The molecule has 0 amide bonds. The highest BCUT2D eigenvalue weighted by Crippen LogP contribution is 2.35. The number of allylic oxidation sites excluding steroid dienone is 5. The number of carbonyl (C=O) groups is 3. The highest BCUT2D eigenvalue weighted by atomic mass is 16.2. The number of hydrogen-bond donors (Lipinski definition) is 0. The molecule has 1 rings (SSSR count). The molecule has 0 saturated heterocycles. The Kier molecular flexibility index (Phi) is 8.59. The van der Waals surface area contributed by atoms with Gasteiger partial charge >= 0.3 is 0 Å². The van der Waals surface area contributed by atoms with Crippen LogP contribution in [-0.4, -0.2) is 17.9 Å². The lowest BCUT2D eigenvalue weighted by molar-refractivity contribution is -0.135. The van der Waals surface area contributed by atoms with Crippen LogP contribution < -0.4 is 0 Å². The average molecular weight is 330 g/mol. The summed E-state index contributed by atoms with van der Waals surface area (Å²) in [6, 6.07) is 0. The van der Waals surface area contributed by atoms with E-state index < -0.39 is 5.78 Å². The van der Waals surface area contributed by atoms with Crippen molar-refractivity contribution in [2.75, 3.05) is 0 Å². The topological polar surface area (TPSA) is 51.2 Å². The molecule has 24 heavy (non-hydrogen) atoms. The van der Waals surface area contributed by atoms with Gasteiger partial charge in [-0.05, 0) is 57.4 Å². The zero-order valence-electron chi connectivity index (χ0n) is 15.3. The average Bonchev–Trinajstić information content (AvgIpc) is 2.53. The Morgan fingerprint density at radius 3 is 2.62 bits per heavy atom. The fourth-order valence-electron chi connectivity index (χ4n) is 3.38. The van der Waals surface area contributed by atoms with E-state index in [1.165, 1.54) is 11.6 Å². The van der Waals surface area contributed by atoms with Crippen molar-refractivity contribution in [3.05, 3.63) is 35.5 Å². The Labute approximate surface area is 145 Å². The minimum Gasteiger partial charge on any atom is -0.299 e. The van der Waals surface area contributed by atoms with Crippen molar-refractivity contribution in [3.8, 4) is 0 Å². The van der Waals surface area contributed by atoms with Crippen LogP contribution in [0.4, 0.5) is 0 Å². The van der Waals surface area contributed by atoms with Crippen molar-refractivity contribution in [1.82, 2.24) is 0 Å². The summed E-state index contributed by atoms with van der Waals surface area (Å²) >= 11 is 0. The van der Waals surface area contributed by atoms with Crippen LogP contribution in [0.5, 0.6) is 0 Å². The molecule has 0 saturated carbocycles. The van der Waals surface area contributed by atoms with Gasteiger partial charge in [0.05, 0.1) is 0 Å². The molecule has 0 N–H and O–H groups in total. The number of carbonyl (C=O) groups excluding carboxylic acids is 3. The predicted molar refractivity (Wildman–Crippen MR) is 97.7 cm³/mol. The third-order valence-electron chi connectivity index (χ3n) is 4.78. The number of unbranched alkanes of at least 4 members (excludes halogenated alkanes) is 2. The largest absolute Gasteiger partial charge is 0.299 e. The second kappa shape index (κ2) is 10.2. The molecule has 1 aliphatic rings. The molecule has 1 aliphatic carbocycles. The van der Waals surface area contributed by atoms with Gasteiger partial charge in [0.25, 0.3) is 0 Å². The normalized spacial score (nSPS) is 21.1. The van der Waals surface area contributed by atoms with Crippen molar-refractivity contribution in [2.24, 2.45) is 11.8 Å². The molecule has 0 aromatic heterocycles. The van der Waals surface area contributed by atoms with Crippen LogP contribution >= 0.6 is 0 Å². The summed E-state index contributed by atoms with van der Waals surface area (Å²) in [6.07, 6.45) is 9.53. The van der Waals surface area contributed by atoms with E-state index in [4.69, 9.17) is 0 Å². The van der Waals surface area contributed by atoms with Crippen molar-refractivity contribution >= 4 is 17.9 Å². The van der Waals surface area contributed by atoms with Crippen molar-refractivity contribution in [1.29, 1.82) is 0 Å². The first kappa shape index (κ1) is 20.3. The van der Waals surface area contributed by atoms with E-state index in [0.29, 0.717) is 18.3 Å². The summed E-state index contributed by atoms with van der Waals surface area (Å²) in [5.74, 6) is -0.582. The van der Waals surface area contributed by atoms with Gasteiger partial charge in [-0.1, -0.05) is 43.6 Å². The minimum atomic E-state index is -0.490. The summed E-state index contributed by atoms with van der Waals surface area (Å²) in [5, 5.41) is 0. The van der Waals surface area contributed by atoms with E-state index in [-0.39, 0.29) is 24.0 Å². The third kappa shape index (κ3) is 6.03. The molecule has 0 fully saturated rings. The molecular formula is C21H30O3. The summed E-state index contributed by atoms with van der Waals surface area (Å²) in [4.78, 5) is 35.7. The molecule has 0 bridgehead atoms. The van der Waals surface area contributed by atoms with Gasteiger partial charge in [-0.2, -0.15) is 0 Å². The molecule has 2 unspecified atom stereocenters. The van der Waals surface area contributed by atoms with Crippen LogP contribution in [0.1, 0.15) is 65.7 Å². The lowest BCUT2D eigenvalue weighted by Crippen LogP contribution is -2.25. The molecule has 0 aromatic rings. The highest BCUT2D eigenvalue weighted by molar-refractivity contribution is 6.43. The summed E-state index contributed by atoms with van der Waals surface area (Å²) in [7, 11) is 0. The van der Waals surface area contributed by atoms with Crippen LogP contribution in [0.2, 0.25) is 0 Å². The Bertz CT molecular complexity index is 551. The van der Waals surface area contributed by atoms with Gasteiger partial charge in [-0.25, -0.2) is 0 Å². The number of Topliss-reactive ketones (excluding diaryl/α,β-unsaturated/α-hetero) is 2. The van der Waals surface area contributed by atoms with Crippen LogP contribution in [-0.2, 0) is 14.4 Å². The van der Waals surface area contributed by atoms with E-state index in [0.717, 1.165) is 37.7 Å². The molecule has 0 radical (unpaired) electrons. The van der Waals surface area contributed by atoms with Crippen molar-refractivity contribution < 1.29 is 14.4 Å². The molecule has 0 aliphatic heterocycles. The van der Waals surface area contributed by atoms with Gasteiger partial charge in [0.2, 0.25) is 11.6 Å². The Morgan fingerprint density at radius 1 is 1.33 bits per heavy atom. The van der Waals surface area contributed by atoms with Crippen molar-refractivity contribution in [3.63, 3.8) is 0 Å². The quantitative estimate of drug-likeness (QED) is 0.191. The molecule has 3 heteroatoms. The number of rotatable bonds is 10. The van der Waals surface area contributed by atoms with Gasteiger partial charge in [-0.15, -0.1) is 0 Å². The standard InChI is InChI=1S/C21H30O3/c1-5-6-7-8-17(11-12-22)21(24)20(23)14-18-13-16(4)9-10-19(18)15(2)3/h11-13,18-19H,2,5-10,14H2,1,3-4H3/b17-11-. The maximum atomic E-state index is 12.5. The maximum absolute atomic E-state index is 12.5. The number of aldehydes is 1. The summed E-state index contributed by atoms with van der Waals surface area (Å²) in [6.45, 7) is 10.2. The Balaban J connectivity index is 2.81. The van der Waals surface area contributed by atoms with Gasteiger partial charge < -0.3 is 0 Å². The lowest BCUT2D eigenvalue weighted by atomic mass is 9.75. The highest BCUT2D eigenvalue weighted by Gasteiger charge is 2.29. The first-order valence-electron chi connectivity index (χ1n) is 8.95. The molecule has 3 nitrogen and oxygen atoms in total. The monoisotopic (exact) mass is 330 g/mol. The molecule has 0 heterocycles. The van der Waals surface area contributed by atoms with E-state index in [9.17, 15) is 14.4 Å². The number of hydrogen-bond acceptors (Lipinski definition) is 3. The van der Waals surface area contributed by atoms with Gasteiger partial charge in [0.1, 0.15) is 6.29 Å². The fraction of sp³-hybridized carbons (Fsp3) is 0.571. The molecule has 0 aromatic carbocycles. The second-order valence-electron chi connectivity index (χ2n) is 6.91. The third-order valence-corrected chi connectivity index (χ3v) is 4.78. The Morgan fingerprint density at radius 2 is 2.04 bits per heavy atom.